The van der Waals surface area contributed by atoms with Crippen LogP contribution in [0.1, 0.15) is 21.8 Å². The minimum Gasteiger partial charge on any atom is -0.354 e. The van der Waals surface area contributed by atoms with Crippen molar-refractivity contribution in [3.05, 3.63) is 58.4 Å². The number of pyridine rings is 1. The Morgan fingerprint density at radius 2 is 1.94 bits per heavy atom. The molecule has 3 aromatic heterocycles. The van der Waals surface area contributed by atoms with Gasteiger partial charge in [0.2, 0.25) is 5.91 Å². The van der Waals surface area contributed by atoms with E-state index in [1.54, 1.807) is 12.1 Å². The number of carbonyl (C=O) groups is 2. The van der Waals surface area contributed by atoms with E-state index in [0.717, 1.165) is 17.4 Å². The molecule has 1 aliphatic rings. The summed E-state index contributed by atoms with van der Waals surface area (Å²) >= 11 is 0.943. The standard InChI is InChI=1S/C22H20F4N6O2S/c23-15-4-11-35-19(15)21(34)32-7-3-18(33)28-6-8-31(9-10-32)17-12-16(22(24,25)26)29-20(30-17)14-2-1-5-27-13-14/h1-2,4-5,11-13H,3,6-10H2,(H,28,33). The van der Waals surface area contributed by atoms with Crippen LogP contribution < -0.4 is 10.2 Å². The van der Waals surface area contributed by atoms with Gasteiger partial charge in [-0.1, -0.05) is 0 Å². The Labute approximate surface area is 201 Å². The van der Waals surface area contributed by atoms with Gasteiger partial charge in [-0.15, -0.1) is 11.3 Å². The van der Waals surface area contributed by atoms with Crippen molar-refractivity contribution in [2.75, 3.05) is 37.6 Å². The molecule has 1 fully saturated rings. The second-order valence-electron chi connectivity index (χ2n) is 7.65. The van der Waals surface area contributed by atoms with Gasteiger partial charge in [0.15, 0.2) is 11.5 Å². The normalized spacial score (nSPS) is 15.6. The first-order valence-corrected chi connectivity index (χ1v) is 11.5. The molecule has 0 atom stereocenters. The Hall–Kier alpha value is -3.61. The number of carbonyl (C=O) groups excluding carboxylic acids is 2. The number of alkyl halides is 3. The molecule has 4 rings (SSSR count). The van der Waals surface area contributed by atoms with E-state index < -0.39 is 23.6 Å². The molecular formula is C22H20F4N6O2S. The molecule has 0 saturated carbocycles. The molecule has 0 aliphatic carbocycles. The fourth-order valence-electron chi connectivity index (χ4n) is 3.51. The van der Waals surface area contributed by atoms with Crippen LogP contribution in [0, 0.1) is 5.82 Å². The molecule has 8 nitrogen and oxygen atoms in total. The molecule has 0 aromatic carbocycles. The second-order valence-corrected chi connectivity index (χ2v) is 8.57. The first-order valence-electron chi connectivity index (χ1n) is 10.6. The number of thiophene rings is 1. The maximum Gasteiger partial charge on any atom is 0.433 e. The highest BCUT2D eigenvalue weighted by Crippen LogP contribution is 2.31. The van der Waals surface area contributed by atoms with Gasteiger partial charge in [0, 0.05) is 63.2 Å². The molecule has 184 valence electrons. The fraction of sp³-hybridized carbons (Fsp3) is 0.318. The Balaban J connectivity index is 1.67. The lowest BCUT2D eigenvalue weighted by Gasteiger charge is -2.30. The molecule has 1 saturated heterocycles. The van der Waals surface area contributed by atoms with Crippen molar-refractivity contribution in [1.82, 2.24) is 25.2 Å². The summed E-state index contributed by atoms with van der Waals surface area (Å²) < 4.78 is 54.9. The Morgan fingerprint density at radius 3 is 2.63 bits per heavy atom. The zero-order valence-corrected chi connectivity index (χ0v) is 19.1. The van der Waals surface area contributed by atoms with E-state index in [9.17, 15) is 27.2 Å². The second kappa shape index (κ2) is 10.3. The highest BCUT2D eigenvalue weighted by atomic mass is 32.1. The number of anilines is 1. The van der Waals surface area contributed by atoms with Gasteiger partial charge in [-0.25, -0.2) is 14.4 Å². The van der Waals surface area contributed by atoms with Crippen LogP contribution in [0.15, 0.2) is 42.0 Å². The minimum absolute atomic E-state index is 0.0179. The lowest BCUT2D eigenvalue weighted by Crippen LogP contribution is -2.45. The van der Waals surface area contributed by atoms with Gasteiger partial charge in [-0.05, 0) is 23.6 Å². The van der Waals surface area contributed by atoms with E-state index in [1.807, 2.05) is 0 Å². The minimum atomic E-state index is -4.72. The van der Waals surface area contributed by atoms with E-state index in [-0.39, 0.29) is 61.6 Å². The number of amides is 2. The molecular weight excluding hydrogens is 488 g/mol. The SMILES string of the molecule is O=C1CCN(C(=O)c2sccc2F)CCN(c2cc(C(F)(F)F)nc(-c3cccnc3)n2)CCN1. The predicted octanol–water partition coefficient (Wildman–Crippen LogP) is 3.23. The first kappa shape index (κ1) is 24.5. The summed E-state index contributed by atoms with van der Waals surface area (Å²) in [7, 11) is 0. The van der Waals surface area contributed by atoms with Crippen LogP contribution in [0.4, 0.5) is 23.4 Å². The average Bonchev–Trinajstić information content (AvgIpc) is 3.28. The van der Waals surface area contributed by atoms with Crippen molar-refractivity contribution in [2.24, 2.45) is 0 Å². The van der Waals surface area contributed by atoms with Gasteiger partial charge in [0.05, 0.1) is 0 Å². The molecule has 2 amide bonds. The number of aromatic nitrogens is 3. The quantitative estimate of drug-likeness (QED) is 0.547. The van der Waals surface area contributed by atoms with Crippen molar-refractivity contribution in [3.63, 3.8) is 0 Å². The highest BCUT2D eigenvalue weighted by Gasteiger charge is 2.34. The van der Waals surface area contributed by atoms with Crippen molar-refractivity contribution >= 4 is 29.0 Å². The summed E-state index contributed by atoms with van der Waals surface area (Å²) in [5.41, 5.74) is -0.824. The van der Waals surface area contributed by atoms with Crippen molar-refractivity contribution in [1.29, 1.82) is 0 Å². The molecule has 4 heterocycles. The van der Waals surface area contributed by atoms with Crippen LogP contribution in [0.3, 0.4) is 0 Å². The molecule has 35 heavy (non-hydrogen) atoms. The summed E-state index contributed by atoms with van der Waals surface area (Å²) in [6, 6.07) is 5.12. The summed E-state index contributed by atoms with van der Waals surface area (Å²) in [4.78, 5) is 39.7. The summed E-state index contributed by atoms with van der Waals surface area (Å²) in [5, 5.41) is 4.13. The van der Waals surface area contributed by atoms with Crippen LogP contribution >= 0.6 is 11.3 Å². The molecule has 0 spiro atoms. The third kappa shape index (κ3) is 5.91. The zero-order valence-electron chi connectivity index (χ0n) is 18.3. The number of hydrogen-bond acceptors (Lipinski definition) is 7. The number of rotatable bonds is 3. The topological polar surface area (TPSA) is 91.3 Å². The monoisotopic (exact) mass is 508 g/mol. The van der Waals surface area contributed by atoms with E-state index in [1.165, 1.54) is 33.6 Å². The largest absolute Gasteiger partial charge is 0.433 e. The molecule has 1 aliphatic heterocycles. The maximum absolute atomic E-state index is 14.0. The fourth-order valence-corrected chi connectivity index (χ4v) is 4.24. The Kier molecular flexibility index (Phi) is 7.24. The molecule has 3 aromatic rings. The first-order chi connectivity index (χ1) is 16.7. The Bertz CT molecular complexity index is 1200. The summed E-state index contributed by atoms with van der Waals surface area (Å²) in [6.07, 6.45) is -1.86. The molecule has 1 N–H and O–H groups in total. The van der Waals surface area contributed by atoms with Crippen molar-refractivity contribution < 1.29 is 27.2 Å². The summed E-state index contributed by atoms with van der Waals surface area (Å²) in [6.45, 7) is 0.503. The lowest BCUT2D eigenvalue weighted by atomic mass is 10.2. The molecule has 13 heteroatoms. The Morgan fingerprint density at radius 1 is 1.11 bits per heavy atom. The maximum atomic E-state index is 14.0. The van der Waals surface area contributed by atoms with Gasteiger partial charge in [-0.3, -0.25) is 14.6 Å². The van der Waals surface area contributed by atoms with Crippen LogP contribution in [0.5, 0.6) is 0 Å². The highest BCUT2D eigenvalue weighted by molar-refractivity contribution is 7.12. The third-order valence-electron chi connectivity index (χ3n) is 5.30. The lowest BCUT2D eigenvalue weighted by molar-refractivity contribution is -0.141. The molecule has 0 bridgehead atoms. The number of halogens is 4. The van der Waals surface area contributed by atoms with Crippen LogP contribution in [-0.4, -0.2) is 64.4 Å². The summed E-state index contributed by atoms with van der Waals surface area (Å²) in [5.74, 6) is -1.75. The molecule has 0 unspecified atom stereocenters. The van der Waals surface area contributed by atoms with Crippen LogP contribution in [-0.2, 0) is 11.0 Å². The van der Waals surface area contributed by atoms with Gasteiger partial charge < -0.3 is 15.1 Å². The van der Waals surface area contributed by atoms with Gasteiger partial charge in [0.1, 0.15) is 16.5 Å². The average molecular weight is 509 g/mol. The van der Waals surface area contributed by atoms with E-state index in [2.05, 4.69) is 20.3 Å². The van der Waals surface area contributed by atoms with E-state index in [0.29, 0.717) is 5.56 Å². The number of nitrogens with zero attached hydrogens (tertiary/aromatic N) is 5. The third-order valence-corrected chi connectivity index (χ3v) is 6.18. The zero-order chi connectivity index (χ0) is 25.0. The van der Waals surface area contributed by atoms with Gasteiger partial charge >= 0.3 is 6.18 Å². The number of nitrogens with one attached hydrogen (secondary N) is 1. The van der Waals surface area contributed by atoms with Gasteiger partial charge in [-0.2, -0.15) is 13.2 Å². The molecule has 0 radical (unpaired) electrons. The van der Waals surface area contributed by atoms with Crippen LogP contribution in [0.25, 0.3) is 11.4 Å². The predicted molar refractivity (Wildman–Crippen MR) is 120 cm³/mol. The smallest absolute Gasteiger partial charge is 0.354 e. The van der Waals surface area contributed by atoms with Gasteiger partial charge in [0.25, 0.3) is 5.91 Å². The van der Waals surface area contributed by atoms with Crippen molar-refractivity contribution in [3.8, 4) is 11.4 Å². The van der Waals surface area contributed by atoms with E-state index in [4.69, 9.17) is 0 Å². The number of hydrogen-bond donors (Lipinski definition) is 1. The van der Waals surface area contributed by atoms with Crippen LogP contribution in [0.2, 0.25) is 0 Å². The van der Waals surface area contributed by atoms with Crippen molar-refractivity contribution in [2.45, 2.75) is 12.6 Å². The van der Waals surface area contributed by atoms with E-state index >= 15 is 0 Å².